The maximum Gasteiger partial charge on any atom is 0.119 e. The molecule has 1 rings (SSSR count). The van der Waals surface area contributed by atoms with Crippen LogP contribution in [-0.2, 0) is 0 Å². The molecule has 19 heavy (non-hydrogen) atoms. The Balaban J connectivity index is 2.24. The van der Waals surface area contributed by atoms with Crippen LogP contribution >= 0.6 is 0 Å². The van der Waals surface area contributed by atoms with Crippen LogP contribution in [0.15, 0.2) is 18.2 Å². The number of benzene rings is 1. The first-order chi connectivity index (χ1) is 8.97. The number of nitrogens with zero attached hydrogens (tertiary/aromatic N) is 1. The Bertz CT molecular complexity index is 360. The zero-order chi connectivity index (χ0) is 14.3. The first-order valence-corrected chi connectivity index (χ1v) is 6.72. The van der Waals surface area contributed by atoms with E-state index < -0.39 is 6.10 Å². The van der Waals surface area contributed by atoms with Gasteiger partial charge in [0.15, 0.2) is 0 Å². The molecule has 0 spiro atoms. The Morgan fingerprint density at radius 1 is 1.21 bits per heavy atom. The van der Waals surface area contributed by atoms with Gasteiger partial charge in [0, 0.05) is 19.6 Å². The molecule has 0 aromatic heterocycles. The molecule has 0 aliphatic rings. The van der Waals surface area contributed by atoms with Crippen LogP contribution in [0.25, 0.3) is 0 Å². The van der Waals surface area contributed by atoms with Crippen molar-refractivity contribution in [2.75, 3.05) is 40.3 Å². The maximum absolute atomic E-state index is 9.81. The molecule has 0 saturated heterocycles. The van der Waals surface area contributed by atoms with Crippen molar-refractivity contribution in [1.29, 1.82) is 0 Å². The van der Waals surface area contributed by atoms with Crippen molar-refractivity contribution >= 4 is 0 Å². The van der Waals surface area contributed by atoms with Gasteiger partial charge in [-0.1, -0.05) is 6.07 Å². The zero-order valence-corrected chi connectivity index (χ0v) is 12.4. The van der Waals surface area contributed by atoms with Crippen LogP contribution in [0, 0.1) is 13.8 Å². The molecule has 4 heteroatoms. The molecule has 1 aromatic rings. The Kier molecular flexibility index (Phi) is 6.84. The van der Waals surface area contributed by atoms with Gasteiger partial charge in [0.2, 0.25) is 0 Å². The van der Waals surface area contributed by atoms with Crippen molar-refractivity contribution in [2.24, 2.45) is 0 Å². The minimum Gasteiger partial charge on any atom is -0.491 e. The monoisotopic (exact) mass is 266 g/mol. The molecule has 1 aromatic carbocycles. The smallest absolute Gasteiger partial charge is 0.119 e. The fraction of sp³-hybridized carbons (Fsp3) is 0.600. The Hall–Kier alpha value is -1.10. The van der Waals surface area contributed by atoms with Gasteiger partial charge in [-0.05, 0) is 51.2 Å². The van der Waals surface area contributed by atoms with Gasteiger partial charge in [0.05, 0.1) is 0 Å². The molecule has 1 atom stereocenters. The third-order valence-corrected chi connectivity index (χ3v) is 2.75. The quantitative estimate of drug-likeness (QED) is 0.694. The van der Waals surface area contributed by atoms with Gasteiger partial charge in [-0.3, -0.25) is 0 Å². The largest absolute Gasteiger partial charge is 0.491 e. The second-order valence-electron chi connectivity index (χ2n) is 5.30. The zero-order valence-electron chi connectivity index (χ0n) is 12.4. The highest BCUT2D eigenvalue weighted by Gasteiger charge is 2.05. The summed E-state index contributed by atoms with van der Waals surface area (Å²) in [6, 6.07) is 6.07. The van der Waals surface area contributed by atoms with Crippen LogP contribution < -0.4 is 10.1 Å². The molecule has 108 valence electrons. The van der Waals surface area contributed by atoms with Crippen molar-refractivity contribution in [3.8, 4) is 5.75 Å². The first kappa shape index (κ1) is 16.0. The van der Waals surface area contributed by atoms with Crippen LogP contribution in [-0.4, -0.2) is 56.4 Å². The molecular weight excluding hydrogens is 240 g/mol. The van der Waals surface area contributed by atoms with E-state index in [0.29, 0.717) is 13.2 Å². The normalized spacial score (nSPS) is 12.7. The summed E-state index contributed by atoms with van der Waals surface area (Å²) in [4.78, 5) is 2.10. The van der Waals surface area contributed by atoms with Crippen molar-refractivity contribution in [3.05, 3.63) is 29.3 Å². The van der Waals surface area contributed by atoms with E-state index in [1.54, 1.807) is 0 Å². The summed E-state index contributed by atoms with van der Waals surface area (Å²) in [5.41, 5.74) is 2.35. The molecule has 0 fully saturated rings. The maximum atomic E-state index is 9.81. The van der Waals surface area contributed by atoms with Crippen LogP contribution in [0.3, 0.4) is 0 Å². The fourth-order valence-corrected chi connectivity index (χ4v) is 1.84. The Morgan fingerprint density at radius 2 is 1.84 bits per heavy atom. The summed E-state index contributed by atoms with van der Waals surface area (Å²) < 4.78 is 5.61. The number of aryl methyl sites for hydroxylation is 2. The SMILES string of the molecule is Cc1cc(C)cc(OCC(O)CNCCN(C)C)c1. The molecule has 0 bridgehead atoms. The summed E-state index contributed by atoms with van der Waals surface area (Å²) in [6.07, 6.45) is -0.483. The first-order valence-electron chi connectivity index (χ1n) is 6.72. The number of hydrogen-bond acceptors (Lipinski definition) is 4. The molecule has 0 aliphatic carbocycles. The minimum absolute atomic E-state index is 0.317. The fourth-order valence-electron chi connectivity index (χ4n) is 1.84. The van der Waals surface area contributed by atoms with Gasteiger partial charge in [-0.2, -0.15) is 0 Å². The lowest BCUT2D eigenvalue weighted by Gasteiger charge is -2.15. The van der Waals surface area contributed by atoms with Gasteiger partial charge < -0.3 is 20.1 Å². The summed E-state index contributed by atoms with van der Waals surface area (Å²) in [6.45, 7) is 6.78. The lowest BCUT2D eigenvalue weighted by molar-refractivity contribution is 0.106. The third kappa shape index (κ3) is 7.15. The van der Waals surface area contributed by atoms with E-state index in [4.69, 9.17) is 4.74 Å². The Morgan fingerprint density at radius 3 is 2.42 bits per heavy atom. The van der Waals surface area contributed by atoms with Crippen LogP contribution in [0.5, 0.6) is 5.75 Å². The van der Waals surface area contributed by atoms with Crippen LogP contribution in [0.1, 0.15) is 11.1 Å². The van der Waals surface area contributed by atoms with Crippen molar-refractivity contribution in [3.63, 3.8) is 0 Å². The summed E-state index contributed by atoms with van der Waals surface area (Å²) >= 11 is 0. The Labute approximate surface area is 116 Å². The van der Waals surface area contributed by atoms with Crippen LogP contribution in [0.2, 0.25) is 0 Å². The average Bonchev–Trinajstić information content (AvgIpc) is 2.31. The predicted octanol–water partition coefficient (Wildman–Crippen LogP) is 1.19. The molecule has 0 amide bonds. The van der Waals surface area contributed by atoms with E-state index in [-0.39, 0.29) is 0 Å². The van der Waals surface area contributed by atoms with Gasteiger partial charge >= 0.3 is 0 Å². The number of likely N-dealkylation sites (N-methyl/N-ethyl adjacent to an activating group) is 1. The summed E-state index contributed by atoms with van der Waals surface area (Å²) in [5, 5.41) is 13.0. The number of hydrogen-bond donors (Lipinski definition) is 2. The highest BCUT2D eigenvalue weighted by Crippen LogP contribution is 2.16. The average molecular weight is 266 g/mol. The van der Waals surface area contributed by atoms with Crippen molar-refractivity contribution in [1.82, 2.24) is 10.2 Å². The number of nitrogens with one attached hydrogen (secondary N) is 1. The number of aliphatic hydroxyl groups is 1. The van der Waals surface area contributed by atoms with Gasteiger partial charge in [0.1, 0.15) is 18.5 Å². The number of rotatable bonds is 8. The molecule has 2 N–H and O–H groups in total. The molecule has 0 heterocycles. The third-order valence-electron chi connectivity index (χ3n) is 2.75. The van der Waals surface area contributed by atoms with Gasteiger partial charge in [-0.25, -0.2) is 0 Å². The molecule has 0 saturated carbocycles. The predicted molar refractivity (Wildman–Crippen MR) is 78.8 cm³/mol. The van der Waals surface area contributed by atoms with E-state index in [9.17, 15) is 5.11 Å². The molecular formula is C15H26N2O2. The molecule has 1 unspecified atom stereocenters. The second-order valence-corrected chi connectivity index (χ2v) is 5.30. The second kappa shape index (κ2) is 8.15. The molecule has 0 radical (unpaired) electrons. The van der Waals surface area contributed by atoms with E-state index in [2.05, 4.69) is 16.3 Å². The van der Waals surface area contributed by atoms with Crippen LogP contribution in [0.4, 0.5) is 0 Å². The van der Waals surface area contributed by atoms with Crippen molar-refractivity contribution in [2.45, 2.75) is 20.0 Å². The van der Waals surface area contributed by atoms with Gasteiger partial charge in [0.25, 0.3) is 0 Å². The topological polar surface area (TPSA) is 44.7 Å². The lowest BCUT2D eigenvalue weighted by atomic mass is 10.1. The van der Waals surface area contributed by atoms with E-state index >= 15 is 0 Å². The minimum atomic E-state index is -0.483. The summed E-state index contributed by atoms with van der Waals surface area (Å²) in [5.74, 6) is 0.824. The van der Waals surface area contributed by atoms with E-state index in [1.807, 2.05) is 40.1 Å². The summed E-state index contributed by atoms with van der Waals surface area (Å²) in [7, 11) is 4.06. The number of aliphatic hydroxyl groups excluding tert-OH is 1. The van der Waals surface area contributed by atoms with Crippen molar-refractivity contribution < 1.29 is 9.84 Å². The lowest BCUT2D eigenvalue weighted by Crippen LogP contribution is -2.35. The highest BCUT2D eigenvalue weighted by molar-refractivity contribution is 5.32. The molecule has 0 aliphatic heterocycles. The number of ether oxygens (including phenoxy) is 1. The highest BCUT2D eigenvalue weighted by atomic mass is 16.5. The van der Waals surface area contributed by atoms with E-state index in [1.165, 1.54) is 11.1 Å². The van der Waals surface area contributed by atoms with E-state index in [0.717, 1.165) is 18.8 Å². The van der Waals surface area contributed by atoms with Gasteiger partial charge in [-0.15, -0.1) is 0 Å². The standard InChI is InChI=1S/C15H26N2O2/c1-12-7-13(2)9-15(8-12)19-11-14(18)10-16-5-6-17(3)4/h7-9,14,16,18H,5-6,10-11H2,1-4H3. The molecule has 4 nitrogen and oxygen atoms in total.